The zero-order chi connectivity index (χ0) is 26.3. The number of hydrogen-bond acceptors (Lipinski definition) is 4. The Morgan fingerprint density at radius 2 is 1.54 bits per heavy atom. The molecule has 0 spiro atoms. The van der Waals surface area contributed by atoms with E-state index in [0.717, 1.165) is 11.1 Å². The Kier molecular flexibility index (Phi) is 6.40. The van der Waals surface area contributed by atoms with Crippen LogP contribution in [0, 0.1) is 0 Å². The molecule has 37 heavy (non-hydrogen) atoms. The zero-order valence-electron chi connectivity index (χ0n) is 19.6. The monoisotopic (exact) mass is 514 g/mol. The molecule has 2 aliphatic rings. The van der Waals surface area contributed by atoms with Crippen LogP contribution in [0.5, 0.6) is 0 Å². The number of alkyl halides is 3. The van der Waals surface area contributed by atoms with Crippen LogP contribution in [0.3, 0.4) is 0 Å². The van der Waals surface area contributed by atoms with Gasteiger partial charge in [-0.1, -0.05) is 60.7 Å². The van der Waals surface area contributed by atoms with Crippen molar-refractivity contribution in [3.8, 4) is 0 Å². The molecule has 8 nitrogen and oxygen atoms in total. The van der Waals surface area contributed by atoms with E-state index in [-0.39, 0.29) is 43.0 Å². The number of nitrogens with zero attached hydrogens (tertiary/aromatic N) is 3. The van der Waals surface area contributed by atoms with Gasteiger partial charge in [-0.05, 0) is 24.0 Å². The van der Waals surface area contributed by atoms with Gasteiger partial charge in [-0.3, -0.25) is 4.79 Å². The van der Waals surface area contributed by atoms with Gasteiger partial charge in [0.25, 0.3) is 5.91 Å². The normalized spacial score (nSPS) is 20.6. The molecule has 1 aromatic heterocycles. The van der Waals surface area contributed by atoms with Crippen LogP contribution in [0.25, 0.3) is 0 Å². The average Bonchev–Trinajstić information content (AvgIpc) is 3.23. The molecule has 0 radical (unpaired) electrons. The van der Waals surface area contributed by atoms with E-state index in [4.69, 9.17) is 5.10 Å². The van der Waals surface area contributed by atoms with Gasteiger partial charge in [-0.2, -0.15) is 18.3 Å². The highest BCUT2D eigenvalue weighted by Gasteiger charge is 2.54. The predicted molar refractivity (Wildman–Crippen MR) is 127 cm³/mol. The molecule has 3 heterocycles. The SMILES string of the molecule is O=C1Nc2c(c(C3CCN(C(=O)O)CC3)nn2C(c2ccccc2)c2ccccc2)[C@@H](C(F)(F)F)[C@@H]1O. The highest BCUT2D eigenvalue weighted by Crippen LogP contribution is 2.49. The van der Waals surface area contributed by atoms with Crippen molar-refractivity contribution in [1.29, 1.82) is 0 Å². The molecule has 11 heteroatoms. The number of rotatable bonds is 4. The van der Waals surface area contributed by atoms with Gasteiger partial charge in [0.2, 0.25) is 0 Å². The molecule has 2 amide bonds. The Morgan fingerprint density at radius 1 is 1.00 bits per heavy atom. The number of anilines is 1. The highest BCUT2D eigenvalue weighted by atomic mass is 19.4. The number of nitrogens with one attached hydrogen (secondary N) is 1. The van der Waals surface area contributed by atoms with E-state index in [1.165, 1.54) is 9.58 Å². The third-order valence-corrected chi connectivity index (χ3v) is 7.09. The standard InChI is InChI=1S/C26H25F3N4O4/c27-26(28,29)19-18-20(15-11-13-32(14-12-15)25(36)37)31-33(23(18)30-24(35)22(19)34)21(16-7-3-1-4-8-16)17-9-5-2-6-10-17/h1-10,15,19,21-22,34H,11-14H2,(H,30,35)(H,36,37)/t19-,22+/m1/s1. The number of piperidine rings is 1. The van der Waals surface area contributed by atoms with Crippen LogP contribution in [0.15, 0.2) is 60.7 Å². The van der Waals surface area contributed by atoms with Gasteiger partial charge in [0.1, 0.15) is 23.9 Å². The number of carboxylic acid groups (broad SMARTS) is 1. The maximum Gasteiger partial charge on any atom is 0.407 e. The molecule has 194 valence electrons. The molecule has 2 aliphatic heterocycles. The number of aliphatic hydroxyl groups excluding tert-OH is 1. The molecule has 3 N–H and O–H groups in total. The molecule has 0 saturated carbocycles. The van der Waals surface area contributed by atoms with Gasteiger partial charge in [-0.25, -0.2) is 9.48 Å². The van der Waals surface area contributed by atoms with Crippen molar-refractivity contribution < 1.29 is 33.0 Å². The van der Waals surface area contributed by atoms with Crippen LogP contribution < -0.4 is 5.32 Å². The van der Waals surface area contributed by atoms with Crippen LogP contribution in [-0.2, 0) is 4.79 Å². The number of carbonyl (C=O) groups excluding carboxylic acids is 1. The average molecular weight is 515 g/mol. The minimum Gasteiger partial charge on any atom is -0.465 e. The summed E-state index contributed by atoms with van der Waals surface area (Å²) in [7, 11) is 0. The van der Waals surface area contributed by atoms with E-state index in [1.807, 2.05) is 60.7 Å². The topological polar surface area (TPSA) is 108 Å². The van der Waals surface area contributed by atoms with Crippen LogP contribution >= 0.6 is 0 Å². The van der Waals surface area contributed by atoms with Gasteiger partial charge < -0.3 is 20.4 Å². The predicted octanol–water partition coefficient (Wildman–Crippen LogP) is 4.34. The van der Waals surface area contributed by atoms with Crippen LogP contribution in [-0.4, -0.2) is 62.3 Å². The summed E-state index contributed by atoms with van der Waals surface area (Å²) >= 11 is 0. The van der Waals surface area contributed by atoms with E-state index >= 15 is 0 Å². The minimum atomic E-state index is -4.91. The van der Waals surface area contributed by atoms with E-state index in [9.17, 15) is 33.0 Å². The van der Waals surface area contributed by atoms with E-state index < -0.39 is 42.2 Å². The smallest absolute Gasteiger partial charge is 0.407 e. The number of likely N-dealkylation sites (tertiary alicyclic amines) is 1. The number of amides is 2. The molecule has 1 saturated heterocycles. The van der Waals surface area contributed by atoms with Gasteiger partial charge >= 0.3 is 12.3 Å². The fourth-order valence-corrected chi connectivity index (χ4v) is 5.32. The zero-order valence-corrected chi connectivity index (χ0v) is 19.6. The van der Waals surface area contributed by atoms with Crippen molar-refractivity contribution in [3.05, 3.63) is 83.0 Å². The minimum absolute atomic E-state index is 0.106. The Morgan fingerprint density at radius 3 is 2.03 bits per heavy atom. The lowest BCUT2D eigenvalue weighted by atomic mass is 9.83. The molecule has 2 aromatic carbocycles. The fraction of sp³-hybridized carbons (Fsp3) is 0.346. The van der Waals surface area contributed by atoms with Crippen molar-refractivity contribution >= 4 is 17.8 Å². The molecule has 0 aliphatic carbocycles. The second-order valence-electron chi connectivity index (χ2n) is 9.31. The highest BCUT2D eigenvalue weighted by molar-refractivity contribution is 5.97. The lowest BCUT2D eigenvalue weighted by Gasteiger charge is -2.33. The van der Waals surface area contributed by atoms with Gasteiger partial charge in [-0.15, -0.1) is 0 Å². The summed E-state index contributed by atoms with van der Waals surface area (Å²) in [5, 5.41) is 26.9. The first-order valence-corrected chi connectivity index (χ1v) is 11.9. The van der Waals surface area contributed by atoms with Crippen LogP contribution in [0.2, 0.25) is 0 Å². The lowest BCUT2D eigenvalue weighted by molar-refractivity contribution is -0.177. The number of aromatic nitrogens is 2. The maximum atomic E-state index is 14.4. The second kappa shape index (κ2) is 9.55. The van der Waals surface area contributed by atoms with Crippen molar-refractivity contribution in [2.24, 2.45) is 0 Å². The number of fused-ring (bicyclic) bond motifs is 1. The Balaban J connectivity index is 1.71. The van der Waals surface area contributed by atoms with Crippen molar-refractivity contribution in [2.75, 3.05) is 18.4 Å². The maximum absolute atomic E-state index is 14.4. The largest absolute Gasteiger partial charge is 0.465 e. The number of aliphatic hydroxyl groups is 1. The Labute approximate surface area is 210 Å². The first-order chi connectivity index (χ1) is 17.7. The quantitative estimate of drug-likeness (QED) is 0.480. The third-order valence-electron chi connectivity index (χ3n) is 7.09. The summed E-state index contributed by atoms with van der Waals surface area (Å²) in [6.07, 6.45) is -7.78. The summed E-state index contributed by atoms with van der Waals surface area (Å²) in [4.78, 5) is 25.2. The lowest BCUT2D eigenvalue weighted by Crippen LogP contribution is -2.45. The third kappa shape index (κ3) is 4.55. The van der Waals surface area contributed by atoms with Gasteiger partial charge in [0.05, 0.1) is 5.69 Å². The molecular formula is C26H25F3N4O4. The number of halogens is 3. The van der Waals surface area contributed by atoms with Crippen molar-refractivity contribution in [3.63, 3.8) is 0 Å². The molecule has 3 aromatic rings. The second-order valence-corrected chi connectivity index (χ2v) is 9.31. The molecular weight excluding hydrogens is 489 g/mol. The molecule has 2 atom stereocenters. The Bertz CT molecular complexity index is 1250. The number of benzene rings is 2. The molecule has 0 unspecified atom stereocenters. The summed E-state index contributed by atoms with van der Waals surface area (Å²) in [6, 6.07) is 17.6. The van der Waals surface area contributed by atoms with E-state index in [2.05, 4.69) is 5.32 Å². The fourth-order valence-electron chi connectivity index (χ4n) is 5.32. The van der Waals surface area contributed by atoms with Gasteiger partial charge in [0.15, 0.2) is 0 Å². The van der Waals surface area contributed by atoms with E-state index in [0.29, 0.717) is 0 Å². The van der Waals surface area contributed by atoms with Crippen molar-refractivity contribution in [2.45, 2.75) is 43.0 Å². The molecule has 1 fully saturated rings. The molecule has 0 bridgehead atoms. The first kappa shape index (κ1) is 24.8. The number of carbonyl (C=O) groups is 2. The van der Waals surface area contributed by atoms with E-state index in [1.54, 1.807) is 0 Å². The van der Waals surface area contributed by atoms with Crippen LogP contribution in [0.1, 0.15) is 53.1 Å². The summed E-state index contributed by atoms with van der Waals surface area (Å²) in [5.41, 5.74) is 1.36. The first-order valence-electron chi connectivity index (χ1n) is 11.9. The summed E-state index contributed by atoms with van der Waals surface area (Å²) in [5.74, 6) is -4.19. The van der Waals surface area contributed by atoms with Crippen LogP contribution in [0.4, 0.5) is 23.8 Å². The van der Waals surface area contributed by atoms with Gasteiger partial charge in [0, 0.05) is 24.6 Å². The molecule has 5 rings (SSSR count). The summed E-state index contributed by atoms with van der Waals surface area (Å²) in [6.45, 7) is 0.294. The van der Waals surface area contributed by atoms with Crippen molar-refractivity contribution in [1.82, 2.24) is 14.7 Å². The Hall–Kier alpha value is -3.86. The number of hydrogen-bond donors (Lipinski definition) is 3. The summed E-state index contributed by atoms with van der Waals surface area (Å²) < 4.78 is 44.5.